The minimum Gasteiger partial charge on any atom is -0.493 e. The summed E-state index contributed by atoms with van der Waals surface area (Å²) in [5, 5.41) is 4.35. The zero-order valence-corrected chi connectivity index (χ0v) is 13.8. The summed E-state index contributed by atoms with van der Waals surface area (Å²) in [4.78, 5) is 0. The molecule has 2 rings (SSSR count). The van der Waals surface area contributed by atoms with Crippen molar-refractivity contribution < 1.29 is 4.74 Å². The molecule has 0 fully saturated rings. The molecular formula is C17H27NOS. The summed E-state index contributed by atoms with van der Waals surface area (Å²) >= 11 is 2.05. The first-order valence-electron chi connectivity index (χ1n) is 7.85. The zero-order valence-electron chi connectivity index (χ0n) is 12.9. The van der Waals surface area contributed by atoms with E-state index in [-0.39, 0.29) is 0 Å². The van der Waals surface area contributed by atoms with E-state index in [1.165, 1.54) is 17.5 Å². The lowest BCUT2D eigenvalue weighted by atomic mass is 9.98. The predicted molar refractivity (Wildman–Crippen MR) is 88.9 cm³/mol. The van der Waals surface area contributed by atoms with Gasteiger partial charge in [-0.25, -0.2) is 0 Å². The molecule has 0 bridgehead atoms. The molecule has 1 aliphatic rings. The second-order valence-corrected chi connectivity index (χ2v) is 6.92. The third kappa shape index (κ3) is 3.92. The Morgan fingerprint density at radius 1 is 1.35 bits per heavy atom. The van der Waals surface area contributed by atoms with Crippen LogP contribution in [0, 0.1) is 0 Å². The molecular weight excluding hydrogens is 266 g/mol. The molecule has 1 N–H and O–H groups in total. The molecule has 0 radical (unpaired) electrons. The smallest absolute Gasteiger partial charge is 0.127 e. The van der Waals surface area contributed by atoms with E-state index in [0.717, 1.165) is 42.7 Å². The molecule has 1 aromatic carbocycles. The van der Waals surface area contributed by atoms with Crippen molar-refractivity contribution in [1.29, 1.82) is 0 Å². The van der Waals surface area contributed by atoms with Gasteiger partial charge in [0.05, 0.1) is 6.61 Å². The van der Waals surface area contributed by atoms with E-state index in [0.29, 0.717) is 6.04 Å². The molecule has 2 atom stereocenters. The summed E-state index contributed by atoms with van der Waals surface area (Å²) in [5.74, 6) is 2.26. The van der Waals surface area contributed by atoms with Gasteiger partial charge in [-0.1, -0.05) is 39.0 Å². The van der Waals surface area contributed by atoms with Crippen molar-refractivity contribution in [1.82, 2.24) is 5.32 Å². The van der Waals surface area contributed by atoms with E-state index < -0.39 is 0 Å². The highest BCUT2D eigenvalue weighted by Crippen LogP contribution is 2.34. The fourth-order valence-electron chi connectivity index (χ4n) is 2.57. The maximum atomic E-state index is 5.97. The van der Waals surface area contributed by atoms with Crippen LogP contribution in [-0.4, -0.2) is 24.2 Å². The van der Waals surface area contributed by atoms with Gasteiger partial charge in [0, 0.05) is 22.6 Å². The number of hydrogen-bond acceptors (Lipinski definition) is 3. The summed E-state index contributed by atoms with van der Waals surface area (Å²) in [5.41, 5.74) is 2.73. The molecule has 1 aliphatic heterocycles. The van der Waals surface area contributed by atoms with Gasteiger partial charge in [-0.2, -0.15) is 11.8 Å². The van der Waals surface area contributed by atoms with Crippen LogP contribution in [0.2, 0.25) is 0 Å². The van der Waals surface area contributed by atoms with Crippen molar-refractivity contribution in [2.24, 2.45) is 0 Å². The Labute approximate surface area is 127 Å². The van der Waals surface area contributed by atoms with Gasteiger partial charge in [-0.3, -0.25) is 0 Å². The summed E-state index contributed by atoms with van der Waals surface area (Å²) in [7, 11) is 0. The Balaban J connectivity index is 2.16. The van der Waals surface area contributed by atoms with Gasteiger partial charge in [0.15, 0.2) is 0 Å². The number of hydrogen-bond donors (Lipinski definition) is 1. The summed E-state index contributed by atoms with van der Waals surface area (Å²) < 4.78 is 5.97. The zero-order chi connectivity index (χ0) is 14.4. The lowest BCUT2D eigenvalue weighted by molar-refractivity contribution is 0.282. The number of ether oxygens (including phenoxy) is 1. The molecule has 3 heteroatoms. The lowest BCUT2D eigenvalue weighted by Gasteiger charge is -2.26. The van der Waals surface area contributed by atoms with Crippen LogP contribution in [0.4, 0.5) is 0 Å². The summed E-state index contributed by atoms with van der Waals surface area (Å²) in [6, 6.07) is 7.02. The first-order valence-corrected chi connectivity index (χ1v) is 8.90. The predicted octanol–water partition coefficient (Wildman–Crippen LogP) is 4.19. The molecule has 112 valence electrons. The highest BCUT2D eigenvalue weighted by atomic mass is 32.2. The van der Waals surface area contributed by atoms with E-state index in [4.69, 9.17) is 4.74 Å². The average molecular weight is 293 g/mol. The molecule has 0 saturated carbocycles. The standard InChI is InChI=1S/C17H27NOS/c1-4-13(3)20-12-16(18-5-2)15-10-6-8-14-9-7-11-19-17(14)15/h6,8,10,13,16,18H,4-5,7,9,11-12H2,1-3H3. The fraction of sp³-hybridized carbons (Fsp3) is 0.647. The van der Waals surface area contributed by atoms with Gasteiger partial charge in [0.2, 0.25) is 0 Å². The molecule has 0 aromatic heterocycles. The van der Waals surface area contributed by atoms with E-state index in [1.54, 1.807) is 0 Å². The van der Waals surface area contributed by atoms with Crippen LogP contribution in [-0.2, 0) is 6.42 Å². The van der Waals surface area contributed by atoms with Crippen LogP contribution >= 0.6 is 11.8 Å². The fourth-order valence-corrected chi connectivity index (χ4v) is 3.63. The minimum absolute atomic E-state index is 0.395. The highest BCUT2D eigenvalue weighted by Gasteiger charge is 2.21. The van der Waals surface area contributed by atoms with E-state index >= 15 is 0 Å². The minimum atomic E-state index is 0.395. The first-order chi connectivity index (χ1) is 9.76. The van der Waals surface area contributed by atoms with Crippen molar-refractivity contribution >= 4 is 11.8 Å². The van der Waals surface area contributed by atoms with Gasteiger partial charge in [0.25, 0.3) is 0 Å². The monoisotopic (exact) mass is 293 g/mol. The summed E-state index contributed by atoms with van der Waals surface area (Å²) in [6.07, 6.45) is 3.53. The van der Waals surface area contributed by atoms with Crippen molar-refractivity contribution in [3.63, 3.8) is 0 Å². The quantitative estimate of drug-likeness (QED) is 0.814. The molecule has 2 nitrogen and oxygen atoms in total. The van der Waals surface area contributed by atoms with Crippen LogP contribution in [0.1, 0.15) is 50.8 Å². The van der Waals surface area contributed by atoms with Crippen LogP contribution in [0.25, 0.3) is 0 Å². The van der Waals surface area contributed by atoms with Crippen molar-refractivity contribution in [3.8, 4) is 5.75 Å². The molecule has 0 amide bonds. The van der Waals surface area contributed by atoms with E-state index in [2.05, 4.69) is 56.0 Å². The summed E-state index contributed by atoms with van der Waals surface area (Å²) in [6.45, 7) is 8.60. The highest BCUT2D eigenvalue weighted by molar-refractivity contribution is 7.99. The molecule has 0 aliphatic carbocycles. The van der Waals surface area contributed by atoms with Gasteiger partial charge in [0.1, 0.15) is 5.75 Å². The number of aryl methyl sites for hydroxylation is 1. The normalized spacial score (nSPS) is 17.1. The van der Waals surface area contributed by atoms with Crippen LogP contribution in [0.3, 0.4) is 0 Å². The largest absolute Gasteiger partial charge is 0.493 e. The number of rotatable bonds is 7. The Hall–Kier alpha value is -0.670. The second-order valence-electron chi connectivity index (χ2n) is 5.45. The Morgan fingerprint density at radius 2 is 2.20 bits per heavy atom. The number of fused-ring (bicyclic) bond motifs is 1. The van der Waals surface area contributed by atoms with Crippen molar-refractivity contribution in [2.75, 3.05) is 18.9 Å². The third-order valence-electron chi connectivity index (χ3n) is 3.91. The maximum absolute atomic E-state index is 5.97. The van der Waals surface area contributed by atoms with Crippen LogP contribution in [0.5, 0.6) is 5.75 Å². The van der Waals surface area contributed by atoms with Gasteiger partial charge < -0.3 is 10.1 Å². The third-order valence-corrected chi connectivity index (χ3v) is 5.34. The van der Waals surface area contributed by atoms with Crippen molar-refractivity contribution in [2.45, 2.75) is 51.3 Å². The topological polar surface area (TPSA) is 21.3 Å². The molecule has 20 heavy (non-hydrogen) atoms. The van der Waals surface area contributed by atoms with Gasteiger partial charge >= 0.3 is 0 Å². The van der Waals surface area contributed by atoms with Crippen LogP contribution in [0.15, 0.2) is 18.2 Å². The molecule has 0 spiro atoms. The van der Waals surface area contributed by atoms with Gasteiger partial charge in [-0.15, -0.1) is 0 Å². The molecule has 1 aromatic rings. The number of para-hydroxylation sites is 1. The lowest BCUT2D eigenvalue weighted by Crippen LogP contribution is -2.25. The second kappa shape index (κ2) is 7.94. The van der Waals surface area contributed by atoms with E-state index in [1.807, 2.05) is 0 Å². The number of benzene rings is 1. The Bertz CT molecular complexity index is 421. The van der Waals surface area contributed by atoms with Crippen molar-refractivity contribution in [3.05, 3.63) is 29.3 Å². The van der Waals surface area contributed by atoms with Crippen LogP contribution < -0.4 is 10.1 Å². The van der Waals surface area contributed by atoms with E-state index in [9.17, 15) is 0 Å². The number of thioether (sulfide) groups is 1. The first kappa shape index (κ1) is 15.7. The Morgan fingerprint density at radius 3 is 2.95 bits per heavy atom. The molecule has 2 unspecified atom stereocenters. The average Bonchev–Trinajstić information content (AvgIpc) is 2.50. The van der Waals surface area contributed by atoms with Gasteiger partial charge in [-0.05, 0) is 31.4 Å². The Kier molecular flexibility index (Phi) is 6.24. The maximum Gasteiger partial charge on any atom is 0.127 e. The molecule has 1 heterocycles. The molecule has 0 saturated heterocycles. The number of nitrogens with one attached hydrogen (secondary N) is 1. The SMILES string of the molecule is CCNC(CSC(C)CC)c1cccc2c1OCCC2.